The molecule has 4 aromatic rings. The first-order chi connectivity index (χ1) is 13.9. The number of ether oxygens (including phenoxy) is 1. The number of carboxylic acid groups (broad SMARTS) is 1. The van der Waals surface area contributed by atoms with Crippen LogP contribution in [0.1, 0.15) is 15.9 Å². The van der Waals surface area contributed by atoms with E-state index < -0.39 is 12.6 Å². The number of halogens is 2. The van der Waals surface area contributed by atoms with Crippen molar-refractivity contribution in [3.8, 4) is 28.3 Å². The van der Waals surface area contributed by atoms with Crippen molar-refractivity contribution < 1.29 is 23.4 Å². The first kappa shape index (κ1) is 18.5. The Labute approximate surface area is 163 Å². The molecule has 0 spiro atoms. The van der Waals surface area contributed by atoms with Gasteiger partial charge in [0.1, 0.15) is 5.75 Å². The highest BCUT2D eigenvalue weighted by Crippen LogP contribution is 2.32. The van der Waals surface area contributed by atoms with Gasteiger partial charge in [0.25, 0.3) is 0 Å². The minimum absolute atomic E-state index is 0.00436. The van der Waals surface area contributed by atoms with Crippen molar-refractivity contribution in [3.05, 3.63) is 65.7 Å². The summed E-state index contributed by atoms with van der Waals surface area (Å²) in [6.45, 7) is -0.957. The first-order valence-corrected chi connectivity index (χ1v) is 8.67. The van der Waals surface area contributed by atoms with Gasteiger partial charge in [0, 0.05) is 11.1 Å². The molecule has 2 aromatic carbocycles. The zero-order valence-corrected chi connectivity index (χ0v) is 15.2. The number of alkyl halides is 2. The number of hydrogen-bond donors (Lipinski definition) is 2. The van der Waals surface area contributed by atoms with Gasteiger partial charge in [-0.3, -0.25) is 5.10 Å². The zero-order valence-electron chi connectivity index (χ0n) is 15.2. The lowest BCUT2D eigenvalue weighted by Crippen LogP contribution is -2.02. The van der Waals surface area contributed by atoms with Crippen molar-refractivity contribution in [2.45, 2.75) is 13.5 Å². The number of pyridine rings is 1. The molecule has 0 saturated heterocycles. The molecule has 0 fully saturated rings. The Balaban J connectivity index is 1.82. The summed E-state index contributed by atoms with van der Waals surface area (Å²) in [5, 5.41) is 17.2. The van der Waals surface area contributed by atoms with Crippen LogP contribution in [0.25, 0.3) is 33.5 Å². The molecule has 0 bridgehead atoms. The predicted molar refractivity (Wildman–Crippen MR) is 103 cm³/mol. The molecule has 0 aliphatic heterocycles. The Hall–Kier alpha value is -3.81. The van der Waals surface area contributed by atoms with E-state index in [9.17, 15) is 18.7 Å². The SMILES string of the molecule is Cc1ccc(-c2[nH]nc3nc(-c4ccc(OC(F)F)cc4)cc(C(=O)O)c23)cc1. The molecular formula is C21H15F2N3O3. The molecular weight excluding hydrogens is 380 g/mol. The molecule has 0 aliphatic carbocycles. The second-order valence-electron chi connectivity index (χ2n) is 6.43. The van der Waals surface area contributed by atoms with Gasteiger partial charge >= 0.3 is 12.6 Å². The molecule has 2 heterocycles. The number of benzene rings is 2. The Bertz CT molecular complexity index is 1190. The second kappa shape index (κ2) is 7.31. The topological polar surface area (TPSA) is 88.1 Å². The summed E-state index contributed by atoms with van der Waals surface area (Å²) < 4.78 is 29.0. The van der Waals surface area contributed by atoms with Crippen molar-refractivity contribution in [3.63, 3.8) is 0 Å². The Morgan fingerprint density at radius 3 is 2.34 bits per heavy atom. The van der Waals surface area contributed by atoms with Crippen LogP contribution in [0.2, 0.25) is 0 Å². The Morgan fingerprint density at radius 1 is 1.07 bits per heavy atom. The number of nitrogens with zero attached hydrogens (tertiary/aromatic N) is 2. The summed E-state index contributed by atoms with van der Waals surface area (Å²) in [5.74, 6) is -1.12. The summed E-state index contributed by atoms with van der Waals surface area (Å²) in [6.07, 6.45) is 0. The molecule has 2 N–H and O–H groups in total. The average molecular weight is 395 g/mol. The lowest BCUT2D eigenvalue weighted by Gasteiger charge is -2.07. The standard InChI is InChI=1S/C21H15F2N3O3/c1-11-2-4-13(5-3-11)18-17-15(20(27)28)10-16(24-19(17)26-25-18)12-6-8-14(9-7-12)29-21(22)23/h2-10,21H,1H3,(H,27,28)(H,24,25,26). The highest BCUT2D eigenvalue weighted by molar-refractivity contribution is 6.08. The lowest BCUT2D eigenvalue weighted by molar-refractivity contribution is -0.0498. The third-order valence-electron chi connectivity index (χ3n) is 4.47. The van der Waals surface area contributed by atoms with Crippen LogP contribution < -0.4 is 4.74 Å². The van der Waals surface area contributed by atoms with Crippen LogP contribution in [0.5, 0.6) is 5.75 Å². The number of H-pyrrole nitrogens is 1. The van der Waals surface area contributed by atoms with Gasteiger partial charge < -0.3 is 9.84 Å². The van der Waals surface area contributed by atoms with E-state index in [0.717, 1.165) is 11.1 Å². The van der Waals surface area contributed by atoms with E-state index in [0.29, 0.717) is 22.3 Å². The van der Waals surface area contributed by atoms with Crippen LogP contribution in [-0.2, 0) is 0 Å². The zero-order chi connectivity index (χ0) is 20.5. The van der Waals surface area contributed by atoms with Gasteiger partial charge in [0.2, 0.25) is 0 Å². The number of aromatic amines is 1. The lowest BCUT2D eigenvalue weighted by atomic mass is 10.0. The van der Waals surface area contributed by atoms with Crippen molar-refractivity contribution in [1.29, 1.82) is 0 Å². The predicted octanol–water partition coefficient (Wildman–Crippen LogP) is 4.90. The number of carboxylic acids is 1. The van der Waals surface area contributed by atoms with E-state index in [2.05, 4.69) is 19.9 Å². The molecule has 0 atom stereocenters. The van der Waals surface area contributed by atoms with Gasteiger partial charge in [-0.2, -0.15) is 13.9 Å². The summed E-state index contributed by atoms with van der Waals surface area (Å²) in [6, 6.07) is 14.9. The van der Waals surface area contributed by atoms with E-state index in [4.69, 9.17) is 0 Å². The fourth-order valence-corrected chi connectivity index (χ4v) is 3.08. The van der Waals surface area contributed by atoms with Crippen LogP contribution >= 0.6 is 0 Å². The summed E-state index contributed by atoms with van der Waals surface area (Å²) in [7, 11) is 0. The molecule has 2 aromatic heterocycles. The third-order valence-corrected chi connectivity index (χ3v) is 4.47. The maximum absolute atomic E-state index is 12.3. The fourth-order valence-electron chi connectivity index (χ4n) is 3.08. The molecule has 29 heavy (non-hydrogen) atoms. The summed E-state index contributed by atoms with van der Waals surface area (Å²) in [4.78, 5) is 16.4. The van der Waals surface area contributed by atoms with Gasteiger partial charge in [-0.05, 0) is 37.3 Å². The minimum atomic E-state index is -2.92. The average Bonchev–Trinajstić information content (AvgIpc) is 3.12. The molecule has 0 radical (unpaired) electrons. The first-order valence-electron chi connectivity index (χ1n) is 8.67. The van der Waals surface area contributed by atoms with E-state index >= 15 is 0 Å². The smallest absolute Gasteiger partial charge is 0.387 e. The number of aromatic nitrogens is 3. The highest BCUT2D eigenvalue weighted by Gasteiger charge is 2.20. The van der Waals surface area contributed by atoms with E-state index in [1.165, 1.54) is 30.3 Å². The Kier molecular flexibility index (Phi) is 4.67. The van der Waals surface area contributed by atoms with Crippen molar-refractivity contribution >= 4 is 17.0 Å². The largest absolute Gasteiger partial charge is 0.478 e. The molecule has 6 nitrogen and oxygen atoms in total. The number of aromatic carboxylic acids is 1. The Morgan fingerprint density at radius 2 is 1.72 bits per heavy atom. The number of hydrogen-bond acceptors (Lipinski definition) is 4. The number of nitrogens with one attached hydrogen (secondary N) is 1. The normalized spacial score (nSPS) is 11.2. The molecule has 0 unspecified atom stereocenters. The molecule has 0 aliphatic rings. The van der Waals surface area contributed by atoms with E-state index in [1.54, 1.807) is 0 Å². The molecule has 146 valence electrons. The monoisotopic (exact) mass is 395 g/mol. The maximum atomic E-state index is 12.3. The van der Waals surface area contributed by atoms with E-state index in [-0.39, 0.29) is 17.0 Å². The van der Waals surface area contributed by atoms with Crippen molar-refractivity contribution in [2.75, 3.05) is 0 Å². The van der Waals surface area contributed by atoms with Gasteiger partial charge in [-0.25, -0.2) is 9.78 Å². The maximum Gasteiger partial charge on any atom is 0.387 e. The third kappa shape index (κ3) is 3.64. The quantitative estimate of drug-likeness (QED) is 0.502. The summed E-state index contributed by atoms with van der Waals surface area (Å²) >= 11 is 0. The van der Waals surface area contributed by atoms with Crippen LogP contribution in [0.15, 0.2) is 54.6 Å². The van der Waals surface area contributed by atoms with Gasteiger partial charge in [0.15, 0.2) is 5.65 Å². The minimum Gasteiger partial charge on any atom is -0.478 e. The molecule has 4 rings (SSSR count). The summed E-state index contributed by atoms with van der Waals surface area (Å²) in [5.41, 5.74) is 3.65. The van der Waals surface area contributed by atoms with Crippen LogP contribution in [-0.4, -0.2) is 32.9 Å². The fraction of sp³-hybridized carbons (Fsp3) is 0.0952. The van der Waals surface area contributed by atoms with Crippen LogP contribution in [0.4, 0.5) is 8.78 Å². The highest BCUT2D eigenvalue weighted by atomic mass is 19.3. The van der Waals surface area contributed by atoms with Gasteiger partial charge in [-0.15, -0.1) is 0 Å². The molecule has 8 heteroatoms. The number of fused-ring (bicyclic) bond motifs is 1. The van der Waals surface area contributed by atoms with Crippen molar-refractivity contribution in [1.82, 2.24) is 15.2 Å². The van der Waals surface area contributed by atoms with Crippen molar-refractivity contribution in [2.24, 2.45) is 0 Å². The van der Waals surface area contributed by atoms with E-state index in [1.807, 2.05) is 31.2 Å². The number of aryl methyl sites for hydroxylation is 1. The van der Waals surface area contributed by atoms with Crippen LogP contribution in [0, 0.1) is 6.92 Å². The number of carbonyl (C=O) groups is 1. The number of rotatable bonds is 5. The van der Waals surface area contributed by atoms with Gasteiger partial charge in [0.05, 0.1) is 22.3 Å². The van der Waals surface area contributed by atoms with Crippen LogP contribution in [0.3, 0.4) is 0 Å². The molecule has 0 saturated carbocycles. The molecule has 0 amide bonds. The second-order valence-corrected chi connectivity index (χ2v) is 6.43. The van der Waals surface area contributed by atoms with Gasteiger partial charge in [-0.1, -0.05) is 29.8 Å².